The van der Waals surface area contributed by atoms with Gasteiger partial charge >= 0.3 is 0 Å². The molecule has 3 rings (SSSR count). The molecule has 1 aromatic rings. The Balaban J connectivity index is 1.66. The molecule has 1 aliphatic heterocycles. The van der Waals surface area contributed by atoms with Gasteiger partial charge in [0.25, 0.3) is 0 Å². The van der Waals surface area contributed by atoms with E-state index in [4.69, 9.17) is 4.74 Å². The van der Waals surface area contributed by atoms with Crippen LogP contribution >= 0.6 is 0 Å². The summed E-state index contributed by atoms with van der Waals surface area (Å²) in [7, 11) is 0. The summed E-state index contributed by atoms with van der Waals surface area (Å²) < 4.78 is 5.55. The second-order valence-electron chi connectivity index (χ2n) is 4.65. The number of ether oxygens (including phenoxy) is 1. The highest BCUT2D eigenvalue weighted by Gasteiger charge is 2.27. The average Bonchev–Trinajstić information content (AvgIpc) is 3.22. The minimum Gasteiger partial charge on any atom is -0.377 e. The lowest BCUT2D eigenvalue weighted by Crippen LogP contribution is -2.51. The molecule has 1 aliphatic carbocycles. The fourth-order valence-electron chi connectivity index (χ4n) is 2.12. The third kappa shape index (κ3) is 2.73. The van der Waals surface area contributed by atoms with Crippen LogP contribution in [0.3, 0.4) is 0 Å². The smallest absolute Gasteiger partial charge is 0.225 e. The van der Waals surface area contributed by atoms with Crippen LogP contribution in [0.1, 0.15) is 12.8 Å². The molecule has 1 N–H and O–H groups in total. The molecular formula is C12H18N4O. The van der Waals surface area contributed by atoms with Crippen LogP contribution in [0.5, 0.6) is 0 Å². The van der Waals surface area contributed by atoms with E-state index >= 15 is 0 Å². The normalized spacial score (nSPS) is 24.9. The summed E-state index contributed by atoms with van der Waals surface area (Å²) in [6.07, 6.45) is 6.22. The van der Waals surface area contributed by atoms with Gasteiger partial charge in [-0.15, -0.1) is 0 Å². The van der Waals surface area contributed by atoms with Crippen molar-refractivity contribution in [3.05, 3.63) is 18.5 Å². The summed E-state index contributed by atoms with van der Waals surface area (Å²) in [6, 6.07) is 2.93. The Morgan fingerprint density at radius 1 is 1.35 bits per heavy atom. The van der Waals surface area contributed by atoms with Crippen molar-refractivity contribution in [3.63, 3.8) is 0 Å². The third-order valence-electron chi connectivity index (χ3n) is 3.26. The van der Waals surface area contributed by atoms with Crippen molar-refractivity contribution < 1.29 is 4.74 Å². The van der Waals surface area contributed by atoms with Crippen molar-refractivity contribution in [1.82, 2.24) is 15.3 Å². The zero-order valence-corrected chi connectivity index (χ0v) is 9.88. The average molecular weight is 234 g/mol. The summed E-state index contributed by atoms with van der Waals surface area (Å²) in [5.74, 6) is 0.818. The van der Waals surface area contributed by atoms with E-state index < -0.39 is 0 Å². The maximum Gasteiger partial charge on any atom is 0.225 e. The summed E-state index contributed by atoms with van der Waals surface area (Å²) in [5.41, 5.74) is 0. The van der Waals surface area contributed by atoms with Crippen molar-refractivity contribution in [2.75, 3.05) is 31.2 Å². The Bertz CT molecular complexity index is 355. The second-order valence-corrected chi connectivity index (χ2v) is 4.65. The second kappa shape index (κ2) is 4.98. The Morgan fingerprint density at radius 2 is 2.18 bits per heavy atom. The number of nitrogens with zero attached hydrogens (tertiary/aromatic N) is 3. The topological polar surface area (TPSA) is 50.3 Å². The highest BCUT2D eigenvalue weighted by Crippen LogP contribution is 2.20. The molecule has 5 nitrogen and oxygen atoms in total. The number of aromatic nitrogens is 2. The molecule has 0 bridgehead atoms. The van der Waals surface area contributed by atoms with E-state index in [9.17, 15) is 0 Å². The van der Waals surface area contributed by atoms with Gasteiger partial charge in [0.2, 0.25) is 5.95 Å². The van der Waals surface area contributed by atoms with E-state index in [0.29, 0.717) is 6.04 Å². The van der Waals surface area contributed by atoms with Gasteiger partial charge in [-0.05, 0) is 18.9 Å². The zero-order chi connectivity index (χ0) is 11.5. The third-order valence-corrected chi connectivity index (χ3v) is 3.26. The number of anilines is 1. The first-order chi connectivity index (χ1) is 8.43. The van der Waals surface area contributed by atoms with E-state index in [1.807, 2.05) is 6.07 Å². The number of hydrogen-bond acceptors (Lipinski definition) is 5. The molecule has 1 saturated heterocycles. The molecule has 1 unspecified atom stereocenters. The molecule has 2 fully saturated rings. The molecule has 1 aromatic heterocycles. The van der Waals surface area contributed by atoms with Crippen molar-refractivity contribution in [3.8, 4) is 0 Å². The van der Waals surface area contributed by atoms with Gasteiger partial charge < -0.3 is 15.0 Å². The Morgan fingerprint density at radius 3 is 2.94 bits per heavy atom. The number of rotatable bonds is 4. The lowest BCUT2D eigenvalue weighted by molar-refractivity contribution is 0.0928. The molecule has 2 aliphatic rings. The van der Waals surface area contributed by atoms with Crippen molar-refractivity contribution in [1.29, 1.82) is 0 Å². The van der Waals surface area contributed by atoms with Crippen LogP contribution in [0.15, 0.2) is 18.5 Å². The quantitative estimate of drug-likeness (QED) is 0.819. The van der Waals surface area contributed by atoms with Crippen molar-refractivity contribution in [2.24, 2.45) is 0 Å². The first-order valence-corrected chi connectivity index (χ1v) is 6.28. The molecule has 5 heteroatoms. The molecule has 0 spiro atoms. The number of morpholine rings is 1. The standard InChI is InChI=1S/C12H18N4O/c1-4-13-12(14-5-1)16-6-7-17-9-11(16)8-15-10-2-3-10/h1,4-5,10-11,15H,2-3,6-9H2. The molecule has 0 amide bonds. The van der Waals surface area contributed by atoms with Crippen LogP contribution in [0.4, 0.5) is 5.95 Å². The van der Waals surface area contributed by atoms with E-state index in [0.717, 1.165) is 38.3 Å². The molecule has 1 saturated carbocycles. The predicted molar refractivity (Wildman–Crippen MR) is 65.0 cm³/mol. The van der Waals surface area contributed by atoms with Crippen LogP contribution in [-0.4, -0.2) is 48.4 Å². The number of nitrogens with one attached hydrogen (secondary N) is 1. The van der Waals surface area contributed by atoms with Crippen LogP contribution in [0, 0.1) is 0 Å². The first kappa shape index (κ1) is 10.9. The fourth-order valence-corrected chi connectivity index (χ4v) is 2.12. The van der Waals surface area contributed by atoms with Crippen LogP contribution in [-0.2, 0) is 4.74 Å². The van der Waals surface area contributed by atoms with E-state index in [1.54, 1.807) is 12.4 Å². The maximum absolute atomic E-state index is 5.55. The molecule has 92 valence electrons. The monoisotopic (exact) mass is 234 g/mol. The SMILES string of the molecule is c1cnc(N2CCOCC2CNC2CC2)nc1. The zero-order valence-electron chi connectivity index (χ0n) is 9.88. The largest absolute Gasteiger partial charge is 0.377 e. The Labute approximate surface area is 101 Å². The summed E-state index contributed by atoms with van der Waals surface area (Å²) in [4.78, 5) is 10.9. The minimum atomic E-state index is 0.353. The van der Waals surface area contributed by atoms with Gasteiger partial charge in [-0.2, -0.15) is 0 Å². The molecule has 17 heavy (non-hydrogen) atoms. The maximum atomic E-state index is 5.55. The highest BCUT2D eigenvalue weighted by molar-refractivity contribution is 5.31. The fraction of sp³-hybridized carbons (Fsp3) is 0.667. The van der Waals surface area contributed by atoms with Crippen LogP contribution in [0.25, 0.3) is 0 Å². The van der Waals surface area contributed by atoms with Gasteiger partial charge in [0, 0.05) is 31.5 Å². The Hall–Kier alpha value is -1.20. The first-order valence-electron chi connectivity index (χ1n) is 6.28. The van der Waals surface area contributed by atoms with Gasteiger partial charge in [-0.1, -0.05) is 0 Å². The van der Waals surface area contributed by atoms with Crippen LogP contribution < -0.4 is 10.2 Å². The van der Waals surface area contributed by atoms with Gasteiger partial charge in [-0.25, -0.2) is 9.97 Å². The Kier molecular flexibility index (Phi) is 3.20. The van der Waals surface area contributed by atoms with Crippen LogP contribution in [0.2, 0.25) is 0 Å². The molecule has 0 aromatic carbocycles. The summed E-state index contributed by atoms with van der Waals surface area (Å²) >= 11 is 0. The molecule has 1 atom stereocenters. The molecular weight excluding hydrogens is 216 g/mol. The van der Waals surface area contributed by atoms with Crippen molar-refractivity contribution in [2.45, 2.75) is 24.9 Å². The minimum absolute atomic E-state index is 0.353. The lowest BCUT2D eigenvalue weighted by Gasteiger charge is -2.35. The van der Waals surface area contributed by atoms with Gasteiger partial charge in [0.05, 0.1) is 19.3 Å². The van der Waals surface area contributed by atoms with E-state index in [-0.39, 0.29) is 0 Å². The van der Waals surface area contributed by atoms with E-state index in [2.05, 4.69) is 20.2 Å². The van der Waals surface area contributed by atoms with Gasteiger partial charge in [0.1, 0.15) is 0 Å². The lowest BCUT2D eigenvalue weighted by atomic mass is 10.2. The van der Waals surface area contributed by atoms with Crippen molar-refractivity contribution >= 4 is 5.95 Å². The van der Waals surface area contributed by atoms with Gasteiger partial charge in [0.15, 0.2) is 0 Å². The molecule has 2 heterocycles. The number of hydrogen-bond donors (Lipinski definition) is 1. The predicted octanol–water partition coefficient (Wildman–Crippen LogP) is 0.434. The summed E-state index contributed by atoms with van der Waals surface area (Å²) in [5, 5.41) is 3.55. The highest BCUT2D eigenvalue weighted by atomic mass is 16.5. The summed E-state index contributed by atoms with van der Waals surface area (Å²) in [6.45, 7) is 3.36. The van der Waals surface area contributed by atoms with E-state index in [1.165, 1.54) is 12.8 Å². The molecule has 0 radical (unpaired) electrons. The van der Waals surface area contributed by atoms with Gasteiger partial charge in [-0.3, -0.25) is 0 Å².